The molecule has 1 saturated heterocycles. The highest BCUT2D eigenvalue weighted by molar-refractivity contribution is 7.84. The topological polar surface area (TPSA) is 32.3 Å². The van der Waals surface area contributed by atoms with E-state index in [1.165, 1.54) is 11.1 Å². The second-order valence-electron chi connectivity index (χ2n) is 8.07. The molecular formula is C24H32Cl2N2OS. The van der Waals surface area contributed by atoms with Gasteiger partial charge in [-0.2, -0.15) is 0 Å². The lowest BCUT2D eigenvalue weighted by Gasteiger charge is -2.33. The van der Waals surface area contributed by atoms with Crippen molar-refractivity contribution in [3.63, 3.8) is 0 Å². The minimum atomic E-state index is -0.930. The molecule has 3 nitrogen and oxygen atoms in total. The maximum atomic E-state index is 12.1. The van der Waals surface area contributed by atoms with Crippen molar-refractivity contribution in [2.24, 2.45) is 0 Å². The Morgan fingerprint density at radius 2 is 1.87 bits per heavy atom. The van der Waals surface area contributed by atoms with E-state index in [9.17, 15) is 4.21 Å². The van der Waals surface area contributed by atoms with Gasteiger partial charge in [0.1, 0.15) is 0 Å². The van der Waals surface area contributed by atoms with Gasteiger partial charge >= 0.3 is 0 Å². The molecule has 3 rings (SSSR count). The Balaban J connectivity index is 1.58. The molecule has 0 spiro atoms. The van der Waals surface area contributed by atoms with Gasteiger partial charge in [-0.15, -0.1) is 0 Å². The summed E-state index contributed by atoms with van der Waals surface area (Å²) in [4.78, 5) is 3.57. The van der Waals surface area contributed by atoms with Gasteiger partial charge in [-0.05, 0) is 86.6 Å². The molecule has 1 fully saturated rings. The third-order valence-corrected chi connectivity index (χ3v) is 7.84. The zero-order valence-corrected chi connectivity index (χ0v) is 20.2. The van der Waals surface area contributed by atoms with Crippen molar-refractivity contribution >= 4 is 34.0 Å². The van der Waals surface area contributed by atoms with E-state index in [1.807, 2.05) is 24.3 Å². The fraction of sp³-hybridized carbons (Fsp3) is 0.500. The molecule has 1 N–H and O–H groups in total. The zero-order chi connectivity index (χ0) is 21.5. The van der Waals surface area contributed by atoms with Gasteiger partial charge in [-0.1, -0.05) is 54.4 Å². The van der Waals surface area contributed by atoms with Gasteiger partial charge in [0.15, 0.2) is 0 Å². The van der Waals surface area contributed by atoms with Crippen LogP contribution >= 0.6 is 23.2 Å². The van der Waals surface area contributed by atoms with Gasteiger partial charge in [0, 0.05) is 17.7 Å². The van der Waals surface area contributed by atoms with Gasteiger partial charge in [-0.25, -0.2) is 0 Å². The van der Waals surface area contributed by atoms with Crippen LogP contribution in [0.25, 0.3) is 0 Å². The molecule has 30 heavy (non-hydrogen) atoms. The number of likely N-dealkylation sites (N-methyl/N-ethyl adjacent to an activating group) is 1. The number of benzene rings is 2. The first-order valence-corrected chi connectivity index (χ1v) is 13.1. The predicted octanol–water partition coefficient (Wildman–Crippen LogP) is 5.69. The van der Waals surface area contributed by atoms with Crippen molar-refractivity contribution in [1.29, 1.82) is 0 Å². The number of halogens is 2. The lowest BCUT2D eigenvalue weighted by atomic mass is 9.89. The first-order chi connectivity index (χ1) is 14.5. The fourth-order valence-electron chi connectivity index (χ4n) is 4.36. The van der Waals surface area contributed by atoms with E-state index in [0.29, 0.717) is 21.9 Å². The van der Waals surface area contributed by atoms with Crippen LogP contribution in [-0.2, 0) is 10.8 Å². The number of likely N-dealkylation sites (tertiary alicyclic amines) is 1. The van der Waals surface area contributed by atoms with Crippen LogP contribution < -0.4 is 5.32 Å². The third kappa shape index (κ3) is 6.30. The normalized spacial score (nSPS) is 17.7. The summed E-state index contributed by atoms with van der Waals surface area (Å²) in [5, 5.41) is 4.73. The Bertz CT molecular complexity index is 853. The van der Waals surface area contributed by atoms with E-state index in [1.54, 1.807) is 6.26 Å². The summed E-state index contributed by atoms with van der Waals surface area (Å²) in [5.41, 5.74) is 2.53. The summed E-state index contributed by atoms with van der Waals surface area (Å²) < 4.78 is 12.1. The molecule has 0 aliphatic carbocycles. The van der Waals surface area contributed by atoms with Crippen LogP contribution in [0.4, 0.5) is 0 Å². The Morgan fingerprint density at radius 3 is 2.53 bits per heavy atom. The number of hydrogen-bond donors (Lipinski definition) is 1. The maximum Gasteiger partial charge on any atom is 0.0595 e. The molecule has 2 aromatic carbocycles. The number of nitrogens with zero attached hydrogens (tertiary/aromatic N) is 1. The summed E-state index contributed by atoms with van der Waals surface area (Å²) in [7, 11) is -0.930. The van der Waals surface area contributed by atoms with Crippen LogP contribution in [0.1, 0.15) is 49.1 Å². The van der Waals surface area contributed by atoms with Gasteiger partial charge < -0.3 is 10.2 Å². The van der Waals surface area contributed by atoms with Crippen molar-refractivity contribution in [1.82, 2.24) is 10.2 Å². The van der Waals surface area contributed by atoms with Gasteiger partial charge in [0.2, 0.25) is 0 Å². The average Bonchev–Trinajstić information content (AvgIpc) is 2.76. The SMILES string of the molecule is CCNCC(CCN1CCC(c2ccccc2[S@](C)=O)CC1)c1ccc(Cl)c(Cl)c1. The summed E-state index contributed by atoms with van der Waals surface area (Å²) in [6.45, 7) is 7.29. The molecule has 2 atom stereocenters. The minimum Gasteiger partial charge on any atom is -0.316 e. The molecule has 1 aliphatic heterocycles. The summed E-state index contributed by atoms with van der Waals surface area (Å²) >= 11 is 12.4. The van der Waals surface area contributed by atoms with Crippen molar-refractivity contribution in [3.8, 4) is 0 Å². The zero-order valence-electron chi connectivity index (χ0n) is 17.9. The number of rotatable bonds is 9. The molecule has 1 unspecified atom stereocenters. The van der Waals surface area contributed by atoms with E-state index in [4.69, 9.17) is 23.2 Å². The quantitative estimate of drug-likeness (QED) is 0.514. The number of hydrogen-bond acceptors (Lipinski definition) is 3. The highest BCUT2D eigenvalue weighted by Crippen LogP contribution is 2.33. The molecule has 0 aromatic heterocycles. The molecule has 0 radical (unpaired) electrons. The lowest BCUT2D eigenvalue weighted by molar-refractivity contribution is 0.204. The van der Waals surface area contributed by atoms with Gasteiger partial charge in [0.05, 0.1) is 20.8 Å². The van der Waals surface area contributed by atoms with Gasteiger partial charge in [0.25, 0.3) is 0 Å². The molecule has 1 aliphatic rings. The van der Waals surface area contributed by atoms with Crippen LogP contribution in [-0.4, -0.2) is 48.1 Å². The third-order valence-electron chi connectivity index (χ3n) is 6.11. The monoisotopic (exact) mass is 466 g/mol. The fourth-order valence-corrected chi connectivity index (χ4v) is 5.50. The van der Waals surface area contributed by atoms with Gasteiger partial charge in [-0.3, -0.25) is 4.21 Å². The lowest BCUT2D eigenvalue weighted by Crippen LogP contribution is -2.35. The first kappa shape index (κ1) is 23.7. The summed E-state index contributed by atoms with van der Waals surface area (Å²) in [5.74, 6) is 0.926. The minimum absolute atomic E-state index is 0.417. The van der Waals surface area contributed by atoms with E-state index < -0.39 is 10.8 Å². The van der Waals surface area contributed by atoms with E-state index in [0.717, 1.165) is 56.9 Å². The molecule has 164 valence electrons. The van der Waals surface area contributed by atoms with Crippen molar-refractivity contribution in [3.05, 3.63) is 63.6 Å². The smallest absolute Gasteiger partial charge is 0.0595 e. The molecule has 0 amide bonds. The van der Waals surface area contributed by atoms with Crippen LogP contribution in [0, 0.1) is 0 Å². The van der Waals surface area contributed by atoms with Crippen molar-refractivity contribution in [2.45, 2.75) is 42.9 Å². The van der Waals surface area contributed by atoms with Crippen LogP contribution in [0.15, 0.2) is 47.4 Å². The molecular weight excluding hydrogens is 435 g/mol. The standard InChI is InChI=1S/C24H32Cl2N2OS/c1-3-27-17-20(19-8-9-22(25)23(26)16-19)12-15-28-13-10-18(11-14-28)21-6-4-5-7-24(21)30(2)29/h4-9,16,18,20,27H,3,10-15,17H2,1-2H3/t20?,30-/m0/s1. The Kier molecular flexibility index (Phi) is 9.21. The highest BCUT2D eigenvalue weighted by Gasteiger charge is 2.24. The maximum absolute atomic E-state index is 12.1. The Hall–Kier alpha value is -0.910. The average molecular weight is 468 g/mol. The van der Waals surface area contributed by atoms with Crippen LogP contribution in [0.2, 0.25) is 10.0 Å². The second-order valence-corrected chi connectivity index (χ2v) is 10.2. The number of nitrogens with one attached hydrogen (secondary N) is 1. The Labute approximate surface area is 193 Å². The largest absolute Gasteiger partial charge is 0.316 e. The van der Waals surface area contributed by atoms with E-state index in [2.05, 4.69) is 35.3 Å². The molecule has 1 heterocycles. The highest BCUT2D eigenvalue weighted by atomic mass is 35.5. The van der Waals surface area contributed by atoms with Crippen molar-refractivity contribution < 1.29 is 4.21 Å². The molecule has 0 saturated carbocycles. The van der Waals surface area contributed by atoms with E-state index in [-0.39, 0.29) is 0 Å². The van der Waals surface area contributed by atoms with Crippen LogP contribution in [0.3, 0.4) is 0 Å². The predicted molar refractivity (Wildman–Crippen MR) is 130 cm³/mol. The second kappa shape index (κ2) is 11.6. The first-order valence-electron chi connectivity index (χ1n) is 10.8. The Morgan fingerprint density at radius 1 is 1.13 bits per heavy atom. The van der Waals surface area contributed by atoms with E-state index >= 15 is 0 Å². The molecule has 6 heteroatoms. The molecule has 2 aromatic rings. The molecule has 0 bridgehead atoms. The summed E-state index contributed by atoms with van der Waals surface area (Å²) in [6.07, 6.45) is 5.12. The van der Waals surface area contributed by atoms with Crippen LogP contribution in [0.5, 0.6) is 0 Å². The number of piperidine rings is 1. The summed E-state index contributed by atoms with van der Waals surface area (Å²) in [6, 6.07) is 14.3. The van der Waals surface area contributed by atoms with Crippen molar-refractivity contribution in [2.75, 3.05) is 39.0 Å².